The van der Waals surface area contributed by atoms with Gasteiger partial charge in [0.1, 0.15) is 6.04 Å². The summed E-state index contributed by atoms with van der Waals surface area (Å²) in [5.41, 5.74) is 0. The van der Waals surface area contributed by atoms with Gasteiger partial charge >= 0.3 is 0 Å². The molecule has 0 spiro atoms. The molecule has 0 aromatic heterocycles. The molecule has 3 amide bonds. The summed E-state index contributed by atoms with van der Waals surface area (Å²) in [7, 11) is 0. The second kappa shape index (κ2) is 4.37. The van der Waals surface area contributed by atoms with Crippen LogP contribution >= 0.6 is 0 Å². The Bertz CT molecular complexity index is 407. The number of hydrogen-bond acceptors (Lipinski definition) is 3. The van der Waals surface area contributed by atoms with Gasteiger partial charge in [-0.05, 0) is 37.5 Å². The van der Waals surface area contributed by atoms with E-state index in [0.29, 0.717) is 24.7 Å². The first-order chi connectivity index (χ1) is 8.63. The van der Waals surface area contributed by atoms with E-state index >= 15 is 0 Å². The number of hydrogen-bond donors (Lipinski definition) is 2. The molecule has 2 saturated carbocycles. The number of rotatable bonds is 2. The smallest absolute Gasteiger partial charge is 0.249 e. The van der Waals surface area contributed by atoms with Gasteiger partial charge < -0.3 is 5.32 Å². The minimum atomic E-state index is -0.519. The lowest BCUT2D eigenvalue weighted by atomic mass is 9.88. The van der Waals surface area contributed by atoms with Gasteiger partial charge in [-0.2, -0.15) is 0 Å². The summed E-state index contributed by atoms with van der Waals surface area (Å²) in [6, 6.07) is -0.519. The Balaban J connectivity index is 1.58. The van der Waals surface area contributed by atoms with Crippen molar-refractivity contribution in [1.82, 2.24) is 10.6 Å². The van der Waals surface area contributed by atoms with E-state index in [-0.39, 0.29) is 23.6 Å². The van der Waals surface area contributed by atoms with Crippen molar-refractivity contribution in [1.29, 1.82) is 0 Å². The molecule has 4 unspecified atom stereocenters. The first kappa shape index (κ1) is 11.7. The third-order valence-corrected chi connectivity index (χ3v) is 4.63. The van der Waals surface area contributed by atoms with Crippen molar-refractivity contribution in [2.45, 2.75) is 44.6 Å². The molecule has 3 fully saturated rings. The van der Waals surface area contributed by atoms with E-state index < -0.39 is 6.04 Å². The zero-order valence-electron chi connectivity index (χ0n) is 10.3. The van der Waals surface area contributed by atoms with Crippen molar-refractivity contribution in [2.24, 2.45) is 17.8 Å². The molecular weight excluding hydrogens is 232 g/mol. The lowest BCUT2D eigenvalue weighted by Gasteiger charge is -2.26. The molecule has 18 heavy (non-hydrogen) atoms. The Hall–Kier alpha value is -1.39. The Morgan fingerprint density at radius 3 is 2.61 bits per heavy atom. The van der Waals surface area contributed by atoms with Gasteiger partial charge in [0.15, 0.2) is 0 Å². The first-order valence-corrected chi connectivity index (χ1v) is 6.77. The van der Waals surface area contributed by atoms with Crippen molar-refractivity contribution in [3.8, 4) is 0 Å². The summed E-state index contributed by atoms with van der Waals surface area (Å²) < 4.78 is 0. The molecule has 1 aliphatic heterocycles. The van der Waals surface area contributed by atoms with Crippen LogP contribution in [0.4, 0.5) is 0 Å². The molecule has 5 heteroatoms. The first-order valence-electron chi connectivity index (χ1n) is 6.77. The summed E-state index contributed by atoms with van der Waals surface area (Å²) in [6.07, 6.45) is 5.30. The highest BCUT2D eigenvalue weighted by Gasteiger charge is 2.43. The Labute approximate surface area is 106 Å². The molecule has 1 heterocycles. The van der Waals surface area contributed by atoms with Crippen LogP contribution in [0.1, 0.15) is 38.5 Å². The molecule has 2 bridgehead atoms. The lowest BCUT2D eigenvalue weighted by molar-refractivity contribution is -0.138. The van der Waals surface area contributed by atoms with Crippen LogP contribution in [-0.2, 0) is 14.4 Å². The molecule has 5 nitrogen and oxygen atoms in total. The van der Waals surface area contributed by atoms with Crippen molar-refractivity contribution in [3.05, 3.63) is 0 Å². The van der Waals surface area contributed by atoms with E-state index in [1.807, 2.05) is 0 Å². The predicted molar refractivity (Wildman–Crippen MR) is 63.3 cm³/mol. The van der Waals surface area contributed by atoms with Crippen LogP contribution in [-0.4, -0.2) is 23.8 Å². The van der Waals surface area contributed by atoms with E-state index in [1.54, 1.807) is 0 Å². The number of imide groups is 1. The number of amides is 3. The van der Waals surface area contributed by atoms with Gasteiger partial charge in [-0.1, -0.05) is 6.42 Å². The normalized spacial score (nSPS) is 38.7. The third kappa shape index (κ3) is 2.02. The molecule has 4 atom stereocenters. The predicted octanol–water partition coefficient (Wildman–Crippen LogP) is 0.344. The summed E-state index contributed by atoms with van der Waals surface area (Å²) in [6.45, 7) is 0. The summed E-state index contributed by atoms with van der Waals surface area (Å²) >= 11 is 0. The molecule has 0 radical (unpaired) electrons. The number of carbonyl (C=O) groups excluding carboxylic acids is 3. The minimum absolute atomic E-state index is 0.0108. The van der Waals surface area contributed by atoms with Gasteiger partial charge in [0.05, 0.1) is 0 Å². The zero-order valence-corrected chi connectivity index (χ0v) is 10.3. The molecule has 3 aliphatic rings. The highest BCUT2D eigenvalue weighted by Crippen LogP contribution is 2.48. The average Bonchev–Trinajstić information content (AvgIpc) is 2.94. The summed E-state index contributed by atoms with van der Waals surface area (Å²) in [5.74, 6) is 0.731. The van der Waals surface area contributed by atoms with Crippen molar-refractivity contribution >= 4 is 17.7 Å². The number of fused-ring (bicyclic) bond motifs is 2. The zero-order chi connectivity index (χ0) is 12.7. The van der Waals surface area contributed by atoms with Crippen LogP contribution in [0.2, 0.25) is 0 Å². The number of nitrogens with one attached hydrogen (secondary N) is 2. The Morgan fingerprint density at radius 2 is 2.00 bits per heavy atom. The van der Waals surface area contributed by atoms with E-state index in [0.717, 1.165) is 12.8 Å². The van der Waals surface area contributed by atoms with Gasteiger partial charge in [0.2, 0.25) is 17.7 Å². The molecule has 3 rings (SSSR count). The summed E-state index contributed by atoms with van der Waals surface area (Å²) in [5, 5.41) is 5.08. The van der Waals surface area contributed by atoms with Crippen molar-refractivity contribution < 1.29 is 14.4 Å². The van der Waals surface area contributed by atoms with Crippen LogP contribution in [0.15, 0.2) is 0 Å². The van der Waals surface area contributed by atoms with E-state index in [4.69, 9.17) is 0 Å². The van der Waals surface area contributed by atoms with Gasteiger partial charge in [-0.15, -0.1) is 0 Å². The van der Waals surface area contributed by atoms with Gasteiger partial charge in [0.25, 0.3) is 0 Å². The average molecular weight is 250 g/mol. The van der Waals surface area contributed by atoms with Crippen LogP contribution in [0.5, 0.6) is 0 Å². The molecule has 1 saturated heterocycles. The molecule has 0 aromatic carbocycles. The Morgan fingerprint density at radius 1 is 1.17 bits per heavy atom. The van der Waals surface area contributed by atoms with E-state index in [2.05, 4.69) is 10.6 Å². The quantitative estimate of drug-likeness (QED) is 0.694. The highest BCUT2D eigenvalue weighted by atomic mass is 16.2. The van der Waals surface area contributed by atoms with Crippen LogP contribution in [0.25, 0.3) is 0 Å². The topological polar surface area (TPSA) is 75.3 Å². The Kier molecular flexibility index (Phi) is 2.84. The fourth-order valence-electron chi connectivity index (χ4n) is 3.68. The van der Waals surface area contributed by atoms with Crippen LogP contribution in [0, 0.1) is 17.8 Å². The standard InChI is InChI=1S/C13H18N2O3/c16-11-4-3-10(13(18)15-11)14-12(17)9-6-7-1-2-8(9)5-7/h7-10H,1-6H2,(H,14,17)(H,15,16,18). The SMILES string of the molecule is O=C1CCC(NC(=O)C2CC3CCC2C3)C(=O)N1. The third-order valence-electron chi connectivity index (χ3n) is 4.63. The lowest BCUT2D eigenvalue weighted by Crippen LogP contribution is -2.53. The molecule has 2 aliphatic carbocycles. The highest BCUT2D eigenvalue weighted by molar-refractivity contribution is 6.01. The largest absolute Gasteiger partial charge is 0.344 e. The fourth-order valence-corrected chi connectivity index (χ4v) is 3.68. The van der Waals surface area contributed by atoms with Gasteiger partial charge in [0, 0.05) is 12.3 Å². The molecular formula is C13H18N2O3. The summed E-state index contributed by atoms with van der Waals surface area (Å²) in [4.78, 5) is 34.7. The van der Waals surface area contributed by atoms with E-state index in [9.17, 15) is 14.4 Å². The number of piperidine rings is 1. The van der Waals surface area contributed by atoms with Crippen molar-refractivity contribution in [2.75, 3.05) is 0 Å². The van der Waals surface area contributed by atoms with Gasteiger partial charge in [-0.3, -0.25) is 19.7 Å². The van der Waals surface area contributed by atoms with Gasteiger partial charge in [-0.25, -0.2) is 0 Å². The molecule has 0 aromatic rings. The second-order valence-electron chi connectivity index (χ2n) is 5.79. The maximum atomic E-state index is 12.2. The minimum Gasteiger partial charge on any atom is -0.344 e. The van der Waals surface area contributed by atoms with Crippen LogP contribution < -0.4 is 10.6 Å². The molecule has 98 valence electrons. The van der Waals surface area contributed by atoms with E-state index in [1.165, 1.54) is 12.8 Å². The van der Waals surface area contributed by atoms with Crippen LogP contribution in [0.3, 0.4) is 0 Å². The maximum Gasteiger partial charge on any atom is 0.249 e. The molecule has 2 N–H and O–H groups in total. The fraction of sp³-hybridized carbons (Fsp3) is 0.769. The maximum absolute atomic E-state index is 12.2. The monoisotopic (exact) mass is 250 g/mol. The van der Waals surface area contributed by atoms with Crippen molar-refractivity contribution in [3.63, 3.8) is 0 Å². The second-order valence-corrected chi connectivity index (χ2v) is 5.79. The number of carbonyl (C=O) groups is 3.